The van der Waals surface area contributed by atoms with Crippen molar-refractivity contribution in [3.8, 4) is 5.75 Å². The van der Waals surface area contributed by atoms with Crippen LogP contribution < -0.4 is 10.1 Å². The van der Waals surface area contributed by atoms with Crippen LogP contribution in [0.5, 0.6) is 5.75 Å². The minimum Gasteiger partial charge on any atom is -0.492 e. The number of pyridine rings is 1. The lowest BCUT2D eigenvalue weighted by Crippen LogP contribution is -2.49. The number of ether oxygens (including phenoxy) is 1. The maximum absolute atomic E-state index is 6.10. The molecule has 4 nitrogen and oxygen atoms in total. The molecule has 2 aromatic carbocycles. The summed E-state index contributed by atoms with van der Waals surface area (Å²) in [6.07, 6.45) is 5.30. The van der Waals surface area contributed by atoms with E-state index in [1.807, 2.05) is 12.3 Å². The third-order valence-corrected chi connectivity index (χ3v) is 6.06. The van der Waals surface area contributed by atoms with E-state index in [1.165, 1.54) is 29.2 Å². The highest BCUT2D eigenvalue weighted by Crippen LogP contribution is 2.32. The van der Waals surface area contributed by atoms with Crippen molar-refractivity contribution < 1.29 is 4.74 Å². The molecule has 0 spiro atoms. The molecule has 1 aromatic heterocycles. The predicted molar refractivity (Wildman–Crippen MR) is 113 cm³/mol. The molecule has 28 heavy (non-hydrogen) atoms. The summed E-state index contributed by atoms with van der Waals surface area (Å²) in [4.78, 5) is 6.97. The van der Waals surface area contributed by atoms with Crippen LogP contribution in [0, 0.1) is 0 Å². The van der Waals surface area contributed by atoms with Gasteiger partial charge >= 0.3 is 0 Å². The fourth-order valence-electron chi connectivity index (χ4n) is 4.58. The Morgan fingerprint density at radius 1 is 0.964 bits per heavy atom. The molecule has 5 rings (SSSR count). The number of likely N-dealkylation sites (tertiary alicyclic amines) is 1. The Labute approximate surface area is 166 Å². The zero-order valence-electron chi connectivity index (χ0n) is 16.2. The number of rotatable bonds is 4. The van der Waals surface area contributed by atoms with Gasteiger partial charge in [0.1, 0.15) is 12.4 Å². The standard InChI is InChI=1S/C24H27N3O/c1-2-7-22-18(5-1)8-9-24-23(22)15-21(17-28-24)26-19-10-13-27(14-11-19)16-20-6-3-4-12-25-20/h1-9,12,19,21,26H,10-11,13-17H2. The second-order valence-corrected chi connectivity index (χ2v) is 8.01. The third kappa shape index (κ3) is 3.75. The monoisotopic (exact) mass is 373 g/mol. The maximum atomic E-state index is 6.10. The van der Waals surface area contributed by atoms with Crippen molar-refractivity contribution in [2.45, 2.75) is 37.9 Å². The van der Waals surface area contributed by atoms with Crippen molar-refractivity contribution in [1.29, 1.82) is 0 Å². The number of hydrogen-bond donors (Lipinski definition) is 1. The van der Waals surface area contributed by atoms with Crippen molar-refractivity contribution in [2.24, 2.45) is 0 Å². The van der Waals surface area contributed by atoms with Crippen molar-refractivity contribution in [1.82, 2.24) is 15.2 Å². The fourth-order valence-corrected chi connectivity index (χ4v) is 4.58. The van der Waals surface area contributed by atoms with Crippen molar-refractivity contribution in [3.63, 3.8) is 0 Å². The first-order chi connectivity index (χ1) is 13.8. The van der Waals surface area contributed by atoms with Gasteiger partial charge in [-0.25, -0.2) is 0 Å². The van der Waals surface area contributed by atoms with Crippen LogP contribution in [0.2, 0.25) is 0 Å². The Hall–Kier alpha value is -2.43. The number of nitrogens with zero attached hydrogens (tertiary/aromatic N) is 2. The fraction of sp³-hybridized carbons (Fsp3) is 0.375. The highest BCUT2D eigenvalue weighted by atomic mass is 16.5. The normalized spacial score (nSPS) is 20.6. The molecular formula is C24H27N3O. The van der Waals surface area contributed by atoms with E-state index in [2.05, 4.69) is 63.7 Å². The van der Waals surface area contributed by atoms with Crippen LogP contribution in [0.1, 0.15) is 24.1 Å². The molecule has 1 saturated heterocycles. The largest absolute Gasteiger partial charge is 0.492 e. The summed E-state index contributed by atoms with van der Waals surface area (Å²) in [7, 11) is 0. The Kier molecular flexibility index (Phi) is 4.98. The van der Waals surface area contributed by atoms with E-state index in [-0.39, 0.29) is 0 Å². The van der Waals surface area contributed by atoms with E-state index in [9.17, 15) is 0 Å². The molecule has 144 valence electrons. The number of piperidine rings is 1. The number of fused-ring (bicyclic) bond motifs is 3. The van der Waals surface area contributed by atoms with Gasteiger partial charge in [-0.1, -0.05) is 36.4 Å². The summed E-state index contributed by atoms with van der Waals surface area (Å²) in [5, 5.41) is 6.51. The summed E-state index contributed by atoms with van der Waals surface area (Å²) >= 11 is 0. The van der Waals surface area contributed by atoms with Crippen LogP contribution in [0.4, 0.5) is 0 Å². The average Bonchev–Trinajstić information content (AvgIpc) is 2.76. The van der Waals surface area contributed by atoms with Gasteiger partial charge in [0.25, 0.3) is 0 Å². The first-order valence-corrected chi connectivity index (χ1v) is 10.4. The molecular weight excluding hydrogens is 346 g/mol. The Balaban J connectivity index is 1.19. The topological polar surface area (TPSA) is 37.4 Å². The smallest absolute Gasteiger partial charge is 0.123 e. The van der Waals surface area contributed by atoms with Gasteiger partial charge < -0.3 is 10.1 Å². The molecule has 2 aliphatic rings. The molecule has 3 aromatic rings. The molecule has 2 aliphatic heterocycles. The van der Waals surface area contributed by atoms with E-state index < -0.39 is 0 Å². The molecule has 0 amide bonds. The Morgan fingerprint density at radius 2 is 1.82 bits per heavy atom. The maximum Gasteiger partial charge on any atom is 0.123 e. The average molecular weight is 374 g/mol. The summed E-state index contributed by atoms with van der Waals surface area (Å²) in [5.41, 5.74) is 2.52. The minimum absolute atomic E-state index is 0.394. The van der Waals surface area contributed by atoms with Crippen LogP contribution in [-0.2, 0) is 13.0 Å². The third-order valence-electron chi connectivity index (χ3n) is 6.06. The lowest BCUT2D eigenvalue weighted by Gasteiger charge is -2.36. The van der Waals surface area contributed by atoms with Crippen molar-refractivity contribution in [2.75, 3.05) is 19.7 Å². The molecule has 1 fully saturated rings. The molecule has 0 radical (unpaired) electrons. The number of hydrogen-bond acceptors (Lipinski definition) is 4. The highest BCUT2D eigenvalue weighted by Gasteiger charge is 2.26. The minimum atomic E-state index is 0.394. The summed E-state index contributed by atoms with van der Waals surface area (Å²) in [6.45, 7) is 3.97. The van der Waals surface area contributed by atoms with Gasteiger partial charge in [0.2, 0.25) is 0 Å². The van der Waals surface area contributed by atoms with Crippen molar-refractivity contribution >= 4 is 10.8 Å². The summed E-state index contributed by atoms with van der Waals surface area (Å²) < 4.78 is 6.10. The Bertz CT molecular complexity index is 935. The highest BCUT2D eigenvalue weighted by molar-refractivity contribution is 5.88. The lowest BCUT2D eigenvalue weighted by molar-refractivity contribution is 0.164. The van der Waals surface area contributed by atoms with Gasteiger partial charge in [0, 0.05) is 43.5 Å². The van der Waals surface area contributed by atoms with Crippen LogP contribution in [0.15, 0.2) is 60.8 Å². The zero-order valence-corrected chi connectivity index (χ0v) is 16.2. The van der Waals surface area contributed by atoms with Crippen molar-refractivity contribution in [3.05, 3.63) is 72.1 Å². The van der Waals surface area contributed by atoms with Gasteiger partial charge in [-0.05, 0) is 48.2 Å². The van der Waals surface area contributed by atoms with E-state index in [1.54, 1.807) is 0 Å². The molecule has 1 atom stereocenters. The number of benzene rings is 2. The predicted octanol–water partition coefficient (Wildman–Crippen LogP) is 3.79. The second-order valence-electron chi connectivity index (χ2n) is 8.01. The van der Waals surface area contributed by atoms with Crippen LogP contribution in [0.3, 0.4) is 0 Å². The molecule has 3 heterocycles. The van der Waals surface area contributed by atoms with Gasteiger partial charge in [0.15, 0.2) is 0 Å². The molecule has 1 unspecified atom stereocenters. The van der Waals surface area contributed by atoms with Crippen LogP contribution in [-0.4, -0.2) is 41.7 Å². The van der Waals surface area contributed by atoms with Gasteiger partial charge in [-0.3, -0.25) is 9.88 Å². The SMILES string of the molecule is c1ccc(CN2CCC(NC3COc4ccc5ccccc5c4C3)CC2)nc1. The molecule has 0 bridgehead atoms. The first-order valence-electron chi connectivity index (χ1n) is 10.4. The number of aromatic nitrogens is 1. The lowest BCUT2D eigenvalue weighted by atomic mass is 9.94. The van der Waals surface area contributed by atoms with Gasteiger partial charge in [0.05, 0.1) is 5.69 Å². The first kappa shape index (κ1) is 17.7. The van der Waals surface area contributed by atoms with E-state index in [0.717, 1.165) is 44.1 Å². The van der Waals surface area contributed by atoms with E-state index in [4.69, 9.17) is 4.74 Å². The summed E-state index contributed by atoms with van der Waals surface area (Å²) in [5.74, 6) is 1.06. The quantitative estimate of drug-likeness (QED) is 0.755. The summed E-state index contributed by atoms with van der Waals surface area (Å²) in [6, 6.07) is 20.1. The van der Waals surface area contributed by atoms with Gasteiger partial charge in [-0.15, -0.1) is 0 Å². The molecule has 0 aliphatic carbocycles. The van der Waals surface area contributed by atoms with Gasteiger partial charge in [-0.2, -0.15) is 0 Å². The zero-order chi connectivity index (χ0) is 18.8. The second kappa shape index (κ2) is 7.90. The molecule has 1 N–H and O–H groups in total. The number of nitrogens with one attached hydrogen (secondary N) is 1. The van der Waals surface area contributed by atoms with Crippen LogP contribution >= 0.6 is 0 Å². The molecule has 4 heteroatoms. The van der Waals surface area contributed by atoms with Crippen LogP contribution in [0.25, 0.3) is 10.8 Å². The van der Waals surface area contributed by atoms with E-state index >= 15 is 0 Å². The van der Waals surface area contributed by atoms with E-state index in [0.29, 0.717) is 12.1 Å². The molecule has 0 saturated carbocycles. The Morgan fingerprint density at radius 3 is 2.68 bits per heavy atom.